The third-order valence-electron chi connectivity index (χ3n) is 1.09. The zero-order valence-corrected chi connectivity index (χ0v) is 8.18. The topological polar surface area (TPSA) is 29.5 Å². The van der Waals surface area contributed by atoms with Crippen LogP contribution < -0.4 is 0 Å². The Morgan fingerprint density at radius 3 is 2.18 bits per heavy atom. The summed E-state index contributed by atoms with van der Waals surface area (Å²) in [5, 5.41) is 1.24. The Kier molecular flexibility index (Phi) is 11.2. The quantitative estimate of drug-likeness (QED) is 0.591. The lowest BCUT2D eigenvalue weighted by Crippen LogP contribution is -2.24. The van der Waals surface area contributed by atoms with Crippen LogP contribution in [0.4, 0.5) is 0 Å². The van der Waals surface area contributed by atoms with Crippen molar-refractivity contribution in [3.63, 3.8) is 0 Å². The van der Waals surface area contributed by atoms with Gasteiger partial charge in [0, 0.05) is 13.5 Å². The van der Waals surface area contributed by atoms with Crippen molar-refractivity contribution in [3.05, 3.63) is 0 Å². The number of carbonyl (C=O) groups excluding carboxylic acids is 1. The highest BCUT2D eigenvalue weighted by Crippen LogP contribution is 1.92. The standard InChI is InChI=1S/C6H13NO2.C2H6/c1-4-5-6(8)7(2)9-3;1-2/h4-5H2,1-3H3;1-2H3. The lowest BCUT2D eigenvalue weighted by molar-refractivity contribution is -0.168. The van der Waals surface area contributed by atoms with Gasteiger partial charge in [0.15, 0.2) is 0 Å². The van der Waals surface area contributed by atoms with Gasteiger partial charge in [-0.1, -0.05) is 20.8 Å². The molecule has 0 saturated heterocycles. The monoisotopic (exact) mass is 161 g/mol. The predicted molar refractivity (Wildman–Crippen MR) is 46.0 cm³/mol. The highest BCUT2D eigenvalue weighted by molar-refractivity contribution is 5.74. The van der Waals surface area contributed by atoms with E-state index in [0.717, 1.165) is 6.42 Å². The van der Waals surface area contributed by atoms with Crippen molar-refractivity contribution in [1.82, 2.24) is 5.06 Å². The first kappa shape index (κ1) is 13.1. The number of hydroxylamine groups is 2. The van der Waals surface area contributed by atoms with Gasteiger partial charge in [-0.25, -0.2) is 5.06 Å². The summed E-state index contributed by atoms with van der Waals surface area (Å²) in [6, 6.07) is 0. The Labute approximate surface area is 69.3 Å². The lowest BCUT2D eigenvalue weighted by atomic mass is 10.3. The molecule has 0 aliphatic rings. The Morgan fingerprint density at radius 2 is 1.91 bits per heavy atom. The van der Waals surface area contributed by atoms with Crippen LogP contribution in [0.25, 0.3) is 0 Å². The van der Waals surface area contributed by atoms with Gasteiger partial charge in [-0.3, -0.25) is 9.63 Å². The third-order valence-corrected chi connectivity index (χ3v) is 1.09. The highest BCUT2D eigenvalue weighted by Gasteiger charge is 2.03. The molecule has 0 radical (unpaired) electrons. The molecular weight excluding hydrogens is 142 g/mol. The van der Waals surface area contributed by atoms with Crippen molar-refractivity contribution in [3.8, 4) is 0 Å². The Morgan fingerprint density at radius 1 is 1.45 bits per heavy atom. The minimum Gasteiger partial charge on any atom is -0.275 e. The maximum absolute atomic E-state index is 10.8. The van der Waals surface area contributed by atoms with E-state index in [0.29, 0.717) is 6.42 Å². The van der Waals surface area contributed by atoms with Crippen LogP contribution >= 0.6 is 0 Å². The van der Waals surface area contributed by atoms with E-state index in [2.05, 4.69) is 4.84 Å². The Hall–Kier alpha value is -0.570. The summed E-state index contributed by atoms with van der Waals surface area (Å²) in [5.41, 5.74) is 0. The van der Waals surface area contributed by atoms with Crippen molar-refractivity contribution in [1.29, 1.82) is 0 Å². The molecule has 0 aromatic rings. The molecule has 0 aliphatic heterocycles. The molecule has 0 N–H and O–H groups in total. The maximum atomic E-state index is 10.8. The molecule has 0 saturated carbocycles. The summed E-state index contributed by atoms with van der Waals surface area (Å²) in [4.78, 5) is 15.4. The van der Waals surface area contributed by atoms with Crippen LogP contribution in [0.5, 0.6) is 0 Å². The molecule has 0 unspecified atom stereocenters. The van der Waals surface area contributed by atoms with E-state index in [1.54, 1.807) is 7.05 Å². The fourth-order valence-corrected chi connectivity index (χ4v) is 0.473. The normalized spacial score (nSPS) is 8.09. The number of rotatable bonds is 3. The molecule has 0 fully saturated rings. The molecule has 0 atom stereocenters. The number of hydrogen-bond donors (Lipinski definition) is 0. The molecule has 0 heterocycles. The second kappa shape index (κ2) is 9.43. The fraction of sp³-hybridized carbons (Fsp3) is 0.875. The van der Waals surface area contributed by atoms with Gasteiger partial charge in [0.05, 0.1) is 7.11 Å². The Balaban J connectivity index is 0. The van der Waals surface area contributed by atoms with E-state index >= 15 is 0 Å². The van der Waals surface area contributed by atoms with Crippen molar-refractivity contribution in [2.45, 2.75) is 33.6 Å². The molecule has 68 valence electrons. The van der Waals surface area contributed by atoms with Crippen molar-refractivity contribution >= 4 is 5.91 Å². The van der Waals surface area contributed by atoms with Crippen molar-refractivity contribution in [2.75, 3.05) is 14.2 Å². The zero-order valence-electron chi connectivity index (χ0n) is 8.18. The maximum Gasteiger partial charge on any atom is 0.245 e. The third kappa shape index (κ3) is 7.33. The van der Waals surface area contributed by atoms with E-state index in [9.17, 15) is 4.79 Å². The molecule has 0 aliphatic carbocycles. The first-order valence-corrected chi connectivity index (χ1v) is 4.03. The highest BCUT2D eigenvalue weighted by atomic mass is 16.7. The van der Waals surface area contributed by atoms with Crippen LogP contribution in [0.15, 0.2) is 0 Å². The van der Waals surface area contributed by atoms with E-state index in [-0.39, 0.29) is 5.91 Å². The smallest absolute Gasteiger partial charge is 0.245 e. The van der Waals surface area contributed by atoms with Gasteiger partial charge in [0.1, 0.15) is 0 Å². The van der Waals surface area contributed by atoms with E-state index in [4.69, 9.17) is 0 Å². The number of amides is 1. The number of nitrogens with zero attached hydrogens (tertiary/aromatic N) is 1. The number of hydrogen-bond acceptors (Lipinski definition) is 2. The minimum atomic E-state index is 0.0278. The summed E-state index contributed by atoms with van der Waals surface area (Å²) in [7, 11) is 3.09. The molecule has 0 spiro atoms. The molecule has 11 heavy (non-hydrogen) atoms. The van der Waals surface area contributed by atoms with Gasteiger partial charge in [-0.15, -0.1) is 0 Å². The second-order valence-corrected chi connectivity index (χ2v) is 1.82. The van der Waals surface area contributed by atoms with Crippen LogP contribution in [0.2, 0.25) is 0 Å². The second-order valence-electron chi connectivity index (χ2n) is 1.82. The molecule has 0 bridgehead atoms. The van der Waals surface area contributed by atoms with E-state index in [1.165, 1.54) is 12.2 Å². The molecular formula is C8H19NO2. The molecule has 0 rings (SSSR count). The van der Waals surface area contributed by atoms with Crippen LogP contribution in [-0.2, 0) is 9.63 Å². The molecule has 0 aromatic heterocycles. The fourth-order valence-electron chi connectivity index (χ4n) is 0.473. The van der Waals surface area contributed by atoms with Crippen LogP contribution in [0.3, 0.4) is 0 Å². The first-order chi connectivity index (χ1) is 5.22. The summed E-state index contributed by atoms with van der Waals surface area (Å²) in [6.07, 6.45) is 1.43. The van der Waals surface area contributed by atoms with Gasteiger partial charge in [-0.05, 0) is 6.42 Å². The molecule has 0 aromatic carbocycles. The average Bonchev–Trinajstić information content (AvgIpc) is 2.07. The molecule has 1 amide bonds. The summed E-state index contributed by atoms with van der Waals surface area (Å²) in [5.74, 6) is 0.0278. The average molecular weight is 161 g/mol. The van der Waals surface area contributed by atoms with E-state index < -0.39 is 0 Å². The Bertz CT molecular complexity index is 94.1. The van der Waals surface area contributed by atoms with Gasteiger partial charge >= 0.3 is 0 Å². The SMILES string of the molecule is CC.CCCC(=O)N(C)OC. The summed E-state index contributed by atoms with van der Waals surface area (Å²) >= 11 is 0. The van der Waals surface area contributed by atoms with Crippen molar-refractivity contribution in [2.24, 2.45) is 0 Å². The van der Waals surface area contributed by atoms with Gasteiger partial charge < -0.3 is 0 Å². The van der Waals surface area contributed by atoms with Crippen molar-refractivity contribution < 1.29 is 9.63 Å². The van der Waals surface area contributed by atoms with Gasteiger partial charge in [-0.2, -0.15) is 0 Å². The van der Waals surface area contributed by atoms with E-state index in [1.807, 2.05) is 20.8 Å². The zero-order chi connectivity index (χ0) is 9.28. The molecule has 3 nitrogen and oxygen atoms in total. The van der Waals surface area contributed by atoms with Gasteiger partial charge in [0.25, 0.3) is 0 Å². The predicted octanol–water partition coefficient (Wildman–Crippen LogP) is 1.83. The lowest BCUT2D eigenvalue weighted by Gasteiger charge is -2.11. The molecule has 3 heteroatoms. The first-order valence-electron chi connectivity index (χ1n) is 4.03. The minimum absolute atomic E-state index is 0.0278. The summed E-state index contributed by atoms with van der Waals surface area (Å²) in [6.45, 7) is 5.96. The summed E-state index contributed by atoms with van der Waals surface area (Å²) < 4.78 is 0. The number of carbonyl (C=O) groups is 1. The van der Waals surface area contributed by atoms with Crippen LogP contribution in [-0.4, -0.2) is 25.1 Å². The van der Waals surface area contributed by atoms with Crippen LogP contribution in [0, 0.1) is 0 Å². The van der Waals surface area contributed by atoms with Crippen LogP contribution in [0.1, 0.15) is 33.6 Å². The largest absolute Gasteiger partial charge is 0.275 e. The van der Waals surface area contributed by atoms with Gasteiger partial charge in [0.2, 0.25) is 5.91 Å².